The van der Waals surface area contributed by atoms with Crippen molar-refractivity contribution in [2.75, 3.05) is 26.2 Å². The molecule has 1 N–H and O–H groups in total. The lowest BCUT2D eigenvalue weighted by Gasteiger charge is -2.25. The van der Waals surface area contributed by atoms with E-state index >= 15 is 0 Å². The first-order chi connectivity index (χ1) is 12.8. The third-order valence-electron chi connectivity index (χ3n) is 3.65. The van der Waals surface area contributed by atoms with Crippen molar-refractivity contribution in [1.29, 1.82) is 0 Å². The minimum atomic E-state index is -1.15. The molecule has 27 heavy (non-hydrogen) atoms. The molecular formula is C18H16INO7. The molecule has 1 aromatic rings. The van der Waals surface area contributed by atoms with E-state index in [9.17, 15) is 19.5 Å². The number of halogens is 1. The average Bonchev–Trinajstić information content (AvgIpc) is 2.89. The monoisotopic (exact) mass is 485 g/mol. The number of hydrogen-bond acceptors (Lipinski definition) is 7. The van der Waals surface area contributed by atoms with E-state index in [0.717, 1.165) is 0 Å². The molecule has 0 saturated carbocycles. The quantitative estimate of drug-likeness (QED) is 0.502. The molecule has 0 fully saturated rings. The summed E-state index contributed by atoms with van der Waals surface area (Å²) >= 11 is 1.94. The number of allylic oxidation sites excluding steroid dienone is 2. The van der Waals surface area contributed by atoms with Crippen LogP contribution in [0.25, 0.3) is 0 Å². The second-order valence-corrected chi connectivity index (χ2v) is 6.29. The maximum absolute atomic E-state index is 12.4. The summed E-state index contributed by atoms with van der Waals surface area (Å²) < 4.78 is 15.3. The van der Waals surface area contributed by atoms with Gasteiger partial charge in [-0.05, 0) is 40.8 Å². The van der Waals surface area contributed by atoms with Crippen LogP contribution >= 0.6 is 22.6 Å². The minimum absolute atomic E-state index is 0.00794. The summed E-state index contributed by atoms with van der Waals surface area (Å²) in [6.45, 7) is 0. The van der Waals surface area contributed by atoms with E-state index in [1.54, 1.807) is 18.4 Å². The Bertz CT molecular complexity index is 886. The molecule has 0 saturated heterocycles. The lowest BCUT2D eigenvalue weighted by molar-refractivity contribution is -0.139. The third-order valence-corrected chi connectivity index (χ3v) is 4.51. The number of carbonyl (C=O) groups is 3. The minimum Gasteiger partial charge on any atom is -0.496 e. The number of carboxylic acid groups (broad SMARTS) is 1. The van der Waals surface area contributed by atoms with Gasteiger partial charge in [0.05, 0.1) is 32.6 Å². The van der Waals surface area contributed by atoms with Gasteiger partial charge in [0.15, 0.2) is 0 Å². The Labute approximate surface area is 168 Å². The van der Waals surface area contributed by atoms with Crippen LogP contribution in [0.2, 0.25) is 0 Å². The van der Waals surface area contributed by atoms with Crippen LogP contribution in [0.5, 0.6) is 5.75 Å². The molecule has 8 nitrogen and oxygen atoms in total. The van der Waals surface area contributed by atoms with Crippen molar-refractivity contribution in [1.82, 2.24) is 0 Å². The van der Waals surface area contributed by atoms with Gasteiger partial charge in [-0.3, -0.25) is 0 Å². The van der Waals surface area contributed by atoms with Crippen molar-refractivity contribution in [3.05, 3.63) is 57.0 Å². The highest BCUT2D eigenvalue weighted by Gasteiger charge is 2.29. The van der Waals surface area contributed by atoms with E-state index in [4.69, 9.17) is 14.2 Å². The highest BCUT2D eigenvalue weighted by atomic mass is 127. The molecule has 1 aromatic carbocycles. The molecule has 1 aliphatic rings. The van der Waals surface area contributed by atoms with E-state index in [1.807, 2.05) is 22.6 Å². The zero-order valence-corrected chi connectivity index (χ0v) is 16.8. The van der Waals surface area contributed by atoms with Gasteiger partial charge in [-0.25, -0.2) is 14.4 Å². The number of carbonyl (C=O) groups excluding carboxylic acids is 2. The van der Waals surface area contributed by atoms with Crippen molar-refractivity contribution >= 4 is 46.2 Å². The molecule has 1 aliphatic heterocycles. The third kappa shape index (κ3) is 4.13. The van der Waals surface area contributed by atoms with E-state index in [-0.39, 0.29) is 22.6 Å². The van der Waals surface area contributed by atoms with Crippen LogP contribution in [0.4, 0.5) is 5.69 Å². The molecule has 2 rings (SSSR count). The van der Waals surface area contributed by atoms with Gasteiger partial charge in [0, 0.05) is 15.8 Å². The molecule has 0 atom stereocenters. The van der Waals surface area contributed by atoms with Gasteiger partial charge in [0.1, 0.15) is 17.0 Å². The first-order valence-electron chi connectivity index (χ1n) is 7.51. The number of methoxy groups -OCH3 is 3. The van der Waals surface area contributed by atoms with Gasteiger partial charge in [0.2, 0.25) is 0 Å². The van der Waals surface area contributed by atoms with E-state index in [0.29, 0.717) is 9.26 Å². The van der Waals surface area contributed by atoms with Crippen molar-refractivity contribution < 1.29 is 33.7 Å². The molecule has 0 spiro atoms. The molecule has 0 unspecified atom stereocenters. The zero-order valence-electron chi connectivity index (χ0n) is 14.7. The molecule has 142 valence electrons. The van der Waals surface area contributed by atoms with Crippen LogP contribution in [-0.2, 0) is 19.1 Å². The lowest BCUT2D eigenvalue weighted by Crippen LogP contribution is -2.27. The van der Waals surface area contributed by atoms with Crippen LogP contribution in [0.3, 0.4) is 0 Å². The highest BCUT2D eigenvalue weighted by molar-refractivity contribution is 14.1. The van der Waals surface area contributed by atoms with Gasteiger partial charge in [-0.2, -0.15) is 0 Å². The molecule has 9 heteroatoms. The second kappa shape index (κ2) is 8.71. The Kier molecular flexibility index (Phi) is 6.61. The Morgan fingerprint density at radius 3 is 2.26 bits per heavy atom. The molecule has 0 amide bonds. The summed E-state index contributed by atoms with van der Waals surface area (Å²) in [5.41, 5.74) is 0.322. The molecule has 0 bridgehead atoms. The fourth-order valence-corrected chi connectivity index (χ4v) is 3.14. The number of ether oxygens (including phenoxy) is 3. The maximum Gasteiger partial charge on any atom is 0.355 e. The smallest absolute Gasteiger partial charge is 0.355 e. The van der Waals surface area contributed by atoms with E-state index in [2.05, 4.69) is 0 Å². The Balaban J connectivity index is 2.76. The van der Waals surface area contributed by atoms with Crippen molar-refractivity contribution in [3.63, 3.8) is 0 Å². The molecule has 0 radical (unpaired) electrons. The maximum atomic E-state index is 12.4. The number of esters is 2. The van der Waals surface area contributed by atoms with Crippen LogP contribution in [0.1, 0.15) is 10.4 Å². The number of anilines is 1. The number of benzene rings is 1. The normalized spacial score (nSPS) is 13.3. The summed E-state index contributed by atoms with van der Waals surface area (Å²) in [5, 5.41) is 9.33. The van der Waals surface area contributed by atoms with E-state index in [1.165, 1.54) is 44.4 Å². The van der Waals surface area contributed by atoms with Crippen LogP contribution < -0.4 is 9.64 Å². The number of hydrogen-bond donors (Lipinski definition) is 1. The SMILES string of the molecule is COC(=O)C1=C(C(=O)OC)N(c2cc(OC)c(C(=O)O)cc2I)C=CC=C1. The van der Waals surface area contributed by atoms with Crippen molar-refractivity contribution in [2.24, 2.45) is 0 Å². The van der Waals surface area contributed by atoms with Gasteiger partial charge in [-0.15, -0.1) is 0 Å². The fraction of sp³-hybridized carbons (Fsp3) is 0.167. The van der Waals surface area contributed by atoms with Crippen LogP contribution in [0.15, 0.2) is 47.8 Å². The Morgan fingerprint density at radius 2 is 1.70 bits per heavy atom. The van der Waals surface area contributed by atoms with E-state index < -0.39 is 17.9 Å². The van der Waals surface area contributed by atoms with Gasteiger partial charge in [0.25, 0.3) is 0 Å². The van der Waals surface area contributed by atoms with Crippen LogP contribution in [0, 0.1) is 3.57 Å². The van der Waals surface area contributed by atoms with Gasteiger partial charge < -0.3 is 24.2 Å². The largest absolute Gasteiger partial charge is 0.496 e. The Morgan fingerprint density at radius 1 is 1.04 bits per heavy atom. The molecule has 1 heterocycles. The predicted octanol–water partition coefficient (Wildman–Crippen LogP) is 2.49. The summed E-state index contributed by atoms with van der Waals surface area (Å²) in [7, 11) is 3.74. The molecule has 0 aliphatic carbocycles. The number of nitrogens with zero attached hydrogens (tertiary/aromatic N) is 1. The van der Waals surface area contributed by atoms with Crippen molar-refractivity contribution in [2.45, 2.75) is 0 Å². The highest BCUT2D eigenvalue weighted by Crippen LogP contribution is 2.35. The summed E-state index contributed by atoms with van der Waals surface area (Å²) in [4.78, 5) is 37.5. The number of rotatable bonds is 5. The molecular weight excluding hydrogens is 469 g/mol. The second-order valence-electron chi connectivity index (χ2n) is 5.13. The molecule has 0 aromatic heterocycles. The topological polar surface area (TPSA) is 102 Å². The first kappa shape index (κ1) is 20.5. The fourth-order valence-electron chi connectivity index (χ4n) is 2.41. The van der Waals surface area contributed by atoms with Crippen LogP contribution in [-0.4, -0.2) is 44.3 Å². The first-order valence-corrected chi connectivity index (χ1v) is 8.59. The standard InChI is InChI=1S/C18H16INO7/c1-25-14-9-13(12(19)8-11(14)16(21)22)20-7-5-4-6-10(17(23)26-2)15(20)18(24)27-3/h4-9H,1-3H3,(H,21,22). The van der Waals surface area contributed by atoms with Gasteiger partial charge >= 0.3 is 17.9 Å². The average molecular weight is 485 g/mol. The number of carboxylic acids is 1. The summed E-state index contributed by atoms with van der Waals surface area (Å²) in [6, 6.07) is 2.88. The summed E-state index contributed by atoms with van der Waals surface area (Å²) in [5.74, 6) is -2.52. The predicted molar refractivity (Wildman–Crippen MR) is 104 cm³/mol. The lowest BCUT2D eigenvalue weighted by atomic mass is 10.1. The zero-order chi connectivity index (χ0) is 20.1. The Hall–Kier alpha value is -2.82. The summed E-state index contributed by atoms with van der Waals surface area (Å²) in [6.07, 6.45) is 6.18. The van der Waals surface area contributed by atoms with Gasteiger partial charge in [-0.1, -0.05) is 6.08 Å². The van der Waals surface area contributed by atoms with Crippen molar-refractivity contribution in [3.8, 4) is 5.75 Å². The number of aromatic carboxylic acids is 1.